The second-order valence-corrected chi connectivity index (χ2v) is 6.32. The van der Waals surface area contributed by atoms with Gasteiger partial charge in [0.2, 0.25) is 0 Å². The summed E-state index contributed by atoms with van der Waals surface area (Å²) in [6, 6.07) is 5.43. The summed E-state index contributed by atoms with van der Waals surface area (Å²) >= 11 is 0. The van der Waals surface area contributed by atoms with Crippen molar-refractivity contribution in [3.8, 4) is 11.9 Å². The molecule has 0 unspecified atom stereocenters. The maximum Gasteiger partial charge on any atom is 0.498 e. The van der Waals surface area contributed by atoms with E-state index in [-0.39, 0.29) is 0 Å². The molecule has 0 bridgehead atoms. The van der Waals surface area contributed by atoms with Gasteiger partial charge in [-0.25, -0.2) is 9.67 Å². The first-order chi connectivity index (χ1) is 10.3. The van der Waals surface area contributed by atoms with Crippen LogP contribution in [-0.2, 0) is 9.31 Å². The summed E-state index contributed by atoms with van der Waals surface area (Å²) in [6.45, 7) is 8.04. The monoisotopic (exact) mass is 296 g/mol. The number of rotatable bonds is 2. The minimum atomic E-state index is -0.460. The number of nitriles is 1. The Labute approximate surface area is 129 Å². The van der Waals surface area contributed by atoms with Crippen LogP contribution in [-0.4, -0.2) is 33.1 Å². The van der Waals surface area contributed by atoms with Crippen LogP contribution in [0.5, 0.6) is 0 Å². The van der Waals surface area contributed by atoms with Gasteiger partial charge in [-0.15, -0.1) is 0 Å². The number of hydrogen-bond donors (Lipinski definition) is 0. The molecule has 0 aliphatic carbocycles. The molecule has 0 N–H and O–H groups in total. The van der Waals surface area contributed by atoms with E-state index in [0.717, 1.165) is 5.46 Å². The van der Waals surface area contributed by atoms with Crippen LogP contribution in [0.3, 0.4) is 0 Å². The van der Waals surface area contributed by atoms with E-state index in [1.807, 2.05) is 33.9 Å². The second-order valence-electron chi connectivity index (χ2n) is 6.32. The van der Waals surface area contributed by atoms with E-state index in [1.165, 1.54) is 0 Å². The van der Waals surface area contributed by atoms with E-state index in [2.05, 4.69) is 16.2 Å². The number of aromatic nitrogens is 3. The number of pyridine rings is 1. The highest BCUT2D eigenvalue weighted by molar-refractivity contribution is 6.62. The smallest absolute Gasteiger partial charge is 0.399 e. The maximum absolute atomic E-state index is 8.95. The molecule has 0 aromatic carbocycles. The summed E-state index contributed by atoms with van der Waals surface area (Å²) in [4.78, 5) is 4.22. The molecule has 2 aromatic heterocycles. The van der Waals surface area contributed by atoms with E-state index in [9.17, 15) is 0 Å². The Bertz CT molecular complexity index is 732. The fourth-order valence-electron chi connectivity index (χ4n) is 2.18. The SMILES string of the molecule is CC1(C)OB(c2cnn(-c3cc(C#N)ccn3)c2)OC1(C)C. The Hall–Kier alpha value is -2.17. The standard InChI is InChI=1S/C15H17BN4O2/c1-14(2)15(3,4)22-16(21-14)12-9-19-20(10-12)13-7-11(8-17)5-6-18-13/h5-7,9-10H,1-4H3. The van der Waals surface area contributed by atoms with Crippen molar-refractivity contribution in [2.75, 3.05) is 0 Å². The lowest BCUT2D eigenvalue weighted by Gasteiger charge is -2.32. The number of hydrogen-bond acceptors (Lipinski definition) is 5. The quantitative estimate of drug-likeness (QED) is 0.784. The predicted molar refractivity (Wildman–Crippen MR) is 81.8 cm³/mol. The molecule has 1 aliphatic heterocycles. The fraction of sp³-hybridized carbons (Fsp3) is 0.400. The maximum atomic E-state index is 8.95. The van der Waals surface area contributed by atoms with Crippen LogP contribution in [0.25, 0.3) is 5.82 Å². The summed E-state index contributed by atoms with van der Waals surface area (Å²) < 4.78 is 13.6. The summed E-state index contributed by atoms with van der Waals surface area (Å²) in [7, 11) is -0.460. The average Bonchev–Trinajstić information content (AvgIpc) is 3.02. The van der Waals surface area contributed by atoms with Crippen molar-refractivity contribution < 1.29 is 9.31 Å². The molecule has 3 heterocycles. The molecule has 0 radical (unpaired) electrons. The first-order valence-corrected chi connectivity index (χ1v) is 7.09. The van der Waals surface area contributed by atoms with Gasteiger partial charge in [0.15, 0.2) is 5.82 Å². The molecule has 3 rings (SSSR count). The van der Waals surface area contributed by atoms with Gasteiger partial charge in [-0.1, -0.05) is 0 Å². The van der Waals surface area contributed by atoms with Crippen LogP contribution < -0.4 is 5.46 Å². The molecule has 0 atom stereocenters. The Morgan fingerprint density at radius 3 is 2.55 bits per heavy atom. The van der Waals surface area contributed by atoms with Crippen LogP contribution in [0.4, 0.5) is 0 Å². The van der Waals surface area contributed by atoms with Crippen molar-refractivity contribution in [3.63, 3.8) is 0 Å². The lowest BCUT2D eigenvalue weighted by Crippen LogP contribution is -2.41. The largest absolute Gasteiger partial charge is 0.498 e. The molecule has 0 saturated carbocycles. The average molecular weight is 296 g/mol. The molecule has 6 nitrogen and oxygen atoms in total. The van der Waals surface area contributed by atoms with Gasteiger partial charge in [-0.3, -0.25) is 0 Å². The molecular formula is C15H17BN4O2. The van der Waals surface area contributed by atoms with Gasteiger partial charge < -0.3 is 9.31 Å². The molecule has 0 amide bonds. The van der Waals surface area contributed by atoms with Gasteiger partial charge in [-0.2, -0.15) is 10.4 Å². The van der Waals surface area contributed by atoms with E-state index in [0.29, 0.717) is 11.4 Å². The molecule has 22 heavy (non-hydrogen) atoms. The molecule has 7 heteroatoms. The van der Waals surface area contributed by atoms with E-state index in [4.69, 9.17) is 14.6 Å². The van der Waals surface area contributed by atoms with Crippen molar-refractivity contribution in [2.24, 2.45) is 0 Å². The van der Waals surface area contributed by atoms with Crippen LogP contribution in [0.1, 0.15) is 33.3 Å². The first-order valence-electron chi connectivity index (χ1n) is 7.09. The second kappa shape index (κ2) is 4.94. The Balaban J connectivity index is 1.88. The minimum Gasteiger partial charge on any atom is -0.399 e. The van der Waals surface area contributed by atoms with Crippen LogP contribution in [0, 0.1) is 11.3 Å². The molecule has 1 fully saturated rings. The van der Waals surface area contributed by atoms with Gasteiger partial charge >= 0.3 is 7.12 Å². The lowest BCUT2D eigenvalue weighted by atomic mass is 9.82. The highest BCUT2D eigenvalue weighted by Gasteiger charge is 2.52. The summed E-state index contributed by atoms with van der Waals surface area (Å²) in [6.07, 6.45) is 5.10. The molecule has 1 saturated heterocycles. The summed E-state index contributed by atoms with van der Waals surface area (Å²) in [5.74, 6) is 0.585. The topological polar surface area (TPSA) is 73.0 Å². The zero-order chi connectivity index (χ0) is 16.0. The van der Waals surface area contributed by atoms with Crippen molar-refractivity contribution >= 4 is 12.6 Å². The van der Waals surface area contributed by atoms with E-state index < -0.39 is 18.3 Å². The molecule has 2 aromatic rings. The van der Waals surface area contributed by atoms with Crippen molar-refractivity contribution in [2.45, 2.75) is 38.9 Å². The molecule has 112 valence electrons. The zero-order valence-electron chi connectivity index (χ0n) is 13.1. The Morgan fingerprint density at radius 1 is 1.23 bits per heavy atom. The Morgan fingerprint density at radius 2 is 1.91 bits per heavy atom. The van der Waals surface area contributed by atoms with Crippen molar-refractivity contribution in [1.82, 2.24) is 14.8 Å². The summed E-state index contributed by atoms with van der Waals surface area (Å²) in [5, 5.41) is 13.2. The molecule has 0 spiro atoms. The lowest BCUT2D eigenvalue weighted by molar-refractivity contribution is 0.00578. The fourth-order valence-corrected chi connectivity index (χ4v) is 2.18. The third-order valence-electron chi connectivity index (χ3n) is 4.24. The van der Waals surface area contributed by atoms with Crippen LogP contribution in [0.2, 0.25) is 0 Å². The van der Waals surface area contributed by atoms with Crippen LogP contribution >= 0.6 is 0 Å². The van der Waals surface area contributed by atoms with Gasteiger partial charge in [0, 0.05) is 30.1 Å². The summed E-state index contributed by atoms with van der Waals surface area (Å²) in [5.41, 5.74) is 0.581. The van der Waals surface area contributed by atoms with Crippen molar-refractivity contribution in [3.05, 3.63) is 36.3 Å². The van der Waals surface area contributed by atoms with E-state index >= 15 is 0 Å². The third-order valence-corrected chi connectivity index (χ3v) is 4.24. The van der Waals surface area contributed by atoms with Gasteiger partial charge in [0.25, 0.3) is 0 Å². The third kappa shape index (κ3) is 2.41. The van der Waals surface area contributed by atoms with Crippen molar-refractivity contribution in [1.29, 1.82) is 5.26 Å². The Kier molecular flexibility index (Phi) is 3.31. The zero-order valence-corrected chi connectivity index (χ0v) is 13.1. The number of nitrogens with zero attached hydrogens (tertiary/aromatic N) is 4. The molecule has 1 aliphatic rings. The normalized spacial score (nSPS) is 19.1. The highest BCUT2D eigenvalue weighted by Crippen LogP contribution is 2.36. The van der Waals surface area contributed by atoms with Gasteiger partial charge in [-0.05, 0) is 33.8 Å². The predicted octanol–water partition coefficient (Wildman–Crippen LogP) is 1.44. The van der Waals surface area contributed by atoms with E-state index in [1.54, 1.807) is 29.2 Å². The first kappa shape index (κ1) is 14.8. The van der Waals surface area contributed by atoms with Gasteiger partial charge in [0.05, 0.1) is 22.8 Å². The van der Waals surface area contributed by atoms with Gasteiger partial charge in [0.1, 0.15) is 0 Å². The minimum absolute atomic E-state index is 0.390. The molecular weight excluding hydrogens is 279 g/mol. The highest BCUT2D eigenvalue weighted by atomic mass is 16.7. The van der Waals surface area contributed by atoms with Crippen LogP contribution in [0.15, 0.2) is 30.7 Å².